The highest BCUT2D eigenvalue weighted by atomic mass is 19.1. The number of rotatable bonds is 16. The number of halogens is 2. The Bertz CT molecular complexity index is 1770. The highest BCUT2D eigenvalue weighted by Gasteiger charge is 2.34. The van der Waals surface area contributed by atoms with Crippen molar-refractivity contribution in [2.45, 2.75) is 84.0 Å². The van der Waals surface area contributed by atoms with Gasteiger partial charge in [-0.3, -0.25) is 39.7 Å². The van der Waals surface area contributed by atoms with Gasteiger partial charge in [0.05, 0.1) is 17.8 Å². The minimum atomic E-state index is -1.56. The van der Waals surface area contributed by atoms with Crippen molar-refractivity contribution >= 4 is 29.5 Å². The van der Waals surface area contributed by atoms with Gasteiger partial charge < -0.3 is 20.7 Å². The van der Waals surface area contributed by atoms with Crippen LogP contribution in [0.1, 0.15) is 76.7 Å². The molecule has 1 aliphatic heterocycles. The van der Waals surface area contributed by atoms with Crippen molar-refractivity contribution in [3.05, 3.63) is 89.9 Å². The van der Waals surface area contributed by atoms with E-state index in [9.17, 15) is 37.9 Å². The molecule has 13 nitrogen and oxygen atoms in total. The number of carbonyl (C=O) groups excluding carboxylic acids is 5. The molecule has 6 N–H and O–H groups in total. The summed E-state index contributed by atoms with van der Waals surface area (Å²) in [7, 11) is 0. The number of unbranched alkanes of at least 4 members (excludes halogenated alkanes) is 2. The number of nitrogens with two attached hydrogens (primary N) is 1. The smallest absolute Gasteiger partial charge is 0.255 e. The molecular formula is C37H45F2N7O6. The van der Waals surface area contributed by atoms with E-state index in [2.05, 4.69) is 21.2 Å². The first-order chi connectivity index (χ1) is 24.6. The summed E-state index contributed by atoms with van der Waals surface area (Å²) in [5, 5.41) is 13.6. The molecule has 0 saturated carbocycles. The van der Waals surface area contributed by atoms with E-state index >= 15 is 0 Å². The van der Waals surface area contributed by atoms with E-state index in [1.807, 2.05) is 51.1 Å². The Morgan fingerprint density at radius 1 is 0.923 bits per heavy atom. The predicted octanol–water partition coefficient (Wildman–Crippen LogP) is 3.18. The zero-order valence-electron chi connectivity index (χ0n) is 29.4. The van der Waals surface area contributed by atoms with Crippen LogP contribution < -0.4 is 21.9 Å². The molecule has 1 aliphatic rings. The van der Waals surface area contributed by atoms with Crippen LogP contribution in [-0.4, -0.2) is 67.8 Å². The predicted molar refractivity (Wildman–Crippen MR) is 187 cm³/mol. The molecule has 0 bridgehead atoms. The molecule has 15 heteroatoms. The molecule has 1 unspecified atom stereocenters. The number of benzene rings is 2. The quantitative estimate of drug-likeness (QED) is 0.0847. The van der Waals surface area contributed by atoms with Crippen molar-refractivity contribution in [1.82, 2.24) is 30.6 Å². The standard InChI is InChI=1S/C37H45F2N7O6/c1-37(2,3)33(34-41-28(25-20-24(38)13-14-26(25)39)22-45(34)21-23-10-6-4-7-11-23)42-36(52)29(47)16-15-27(40)35(51)44-43-30(48)12-8-5-9-19-46-31(49)17-18-32(46)50/h4,6-7,10-11,13-14,17-18,20,22,27,29,33,47H,5,8-9,12,15-16,19,21,40H2,1-3H3,(H,42,52)(H,43,48)(H,44,51)/t27-,29?,33-/m0/s1. The van der Waals surface area contributed by atoms with Gasteiger partial charge in [-0.25, -0.2) is 13.8 Å². The van der Waals surface area contributed by atoms with Gasteiger partial charge in [0.2, 0.25) is 11.8 Å². The fourth-order valence-electron chi connectivity index (χ4n) is 5.57. The van der Waals surface area contributed by atoms with Crippen LogP contribution in [0, 0.1) is 17.0 Å². The van der Waals surface area contributed by atoms with Gasteiger partial charge in [0, 0.05) is 43.4 Å². The van der Waals surface area contributed by atoms with Gasteiger partial charge in [-0.1, -0.05) is 57.5 Å². The Balaban J connectivity index is 1.31. The molecular weight excluding hydrogens is 676 g/mol. The van der Waals surface area contributed by atoms with Crippen molar-refractivity contribution < 1.29 is 37.9 Å². The Hall–Kier alpha value is -5.28. The lowest BCUT2D eigenvalue weighted by molar-refractivity contribution is -0.137. The minimum Gasteiger partial charge on any atom is -0.383 e. The van der Waals surface area contributed by atoms with E-state index in [-0.39, 0.29) is 48.9 Å². The summed E-state index contributed by atoms with van der Waals surface area (Å²) in [6.07, 6.45) is 3.85. The molecule has 1 aromatic heterocycles. The monoisotopic (exact) mass is 721 g/mol. The lowest BCUT2D eigenvalue weighted by Gasteiger charge is -2.32. The fourth-order valence-corrected chi connectivity index (χ4v) is 5.57. The molecule has 0 spiro atoms. The number of hydrogen-bond donors (Lipinski definition) is 5. The van der Waals surface area contributed by atoms with E-state index in [1.54, 1.807) is 10.8 Å². The lowest BCUT2D eigenvalue weighted by Crippen LogP contribution is -2.49. The number of carbonyl (C=O) groups is 5. The fraction of sp³-hybridized carbons (Fsp3) is 0.405. The van der Waals surface area contributed by atoms with E-state index in [4.69, 9.17) is 5.73 Å². The number of aliphatic hydroxyl groups is 1. The zero-order chi connectivity index (χ0) is 38.0. The Morgan fingerprint density at radius 3 is 2.29 bits per heavy atom. The molecule has 0 saturated heterocycles. The van der Waals surface area contributed by atoms with E-state index in [1.165, 1.54) is 12.2 Å². The number of amides is 5. The molecule has 278 valence electrons. The van der Waals surface area contributed by atoms with Gasteiger partial charge >= 0.3 is 0 Å². The molecule has 4 rings (SSSR count). The number of imidazole rings is 1. The van der Waals surface area contributed by atoms with Gasteiger partial charge in [-0.05, 0) is 54.9 Å². The molecule has 52 heavy (non-hydrogen) atoms. The number of nitrogens with zero attached hydrogens (tertiary/aromatic N) is 3. The summed E-state index contributed by atoms with van der Waals surface area (Å²) in [6, 6.07) is 10.5. The van der Waals surface area contributed by atoms with Gasteiger partial charge in [-0.2, -0.15) is 0 Å². The van der Waals surface area contributed by atoms with Crippen LogP contribution in [0.25, 0.3) is 11.3 Å². The molecule has 0 aliphatic carbocycles. The second-order valence-electron chi connectivity index (χ2n) is 13.7. The summed E-state index contributed by atoms with van der Waals surface area (Å²) >= 11 is 0. The maximum atomic E-state index is 14.8. The molecule has 2 aromatic carbocycles. The van der Waals surface area contributed by atoms with Crippen LogP contribution in [0.5, 0.6) is 0 Å². The van der Waals surface area contributed by atoms with Crippen molar-refractivity contribution in [3.63, 3.8) is 0 Å². The van der Waals surface area contributed by atoms with Gasteiger partial charge in [-0.15, -0.1) is 0 Å². The number of imide groups is 1. The van der Waals surface area contributed by atoms with Crippen LogP contribution in [0.2, 0.25) is 0 Å². The molecule has 0 radical (unpaired) electrons. The van der Waals surface area contributed by atoms with Crippen LogP contribution >= 0.6 is 0 Å². The average molecular weight is 722 g/mol. The molecule has 3 atom stereocenters. The second kappa shape index (κ2) is 17.8. The second-order valence-corrected chi connectivity index (χ2v) is 13.7. The zero-order valence-corrected chi connectivity index (χ0v) is 29.4. The topological polar surface area (TPSA) is 189 Å². The summed E-state index contributed by atoms with van der Waals surface area (Å²) in [6.45, 7) is 6.15. The van der Waals surface area contributed by atoms with Crippen LogP contribution in [-0.2, 0) is 30.5 Å². The Kier molecular flexibility index (Phi) is 13.5. The van der Waals surface area contributed by atoms with Gasteiger partial charge in [0.15, 0.2) is 0 Å². The van der Waals surface area contributed by atoms with Gasteiger partial charge in [0.1, 0.15) is 23.6 Å². The normalized spacial score (nSPS) is 14.6. The minimum absolute atomic E-state index is 0.0427. The summed E-state index contributed by atoms with van der Waals surface area (Å²) in [5.41, 5.74) is 10.9. The molecule has 5 amide bonds. The van der Waals surface area contributed by atoms with Crippen LogP contribution in [0.3, 0.4) is 0 Å². The van der Waals surface area contributed by atoms with Crippen molar-refractivity contribution in [1.29, 1.82) is 0 Å². The first-order valence-corrected chi connectivity index (χ1v) is 17.1. The third-order valence-electron chi connectivity index (χ3n) is 8.52. The number of hydrazine groups is 1. The van der Waals surface area contributed by atoms with Crippen LogP contribution in [0.15, 0.2) is 66.9 Å². The highest BCUT2D eigenvalue weighted by molar-refractivity contribution is 6.12. The highest BCUT2D eigenvalue weighted by Crippen LogP contribution is 2.35. The maximum Gasteiger partial charge on any atom is 0.255 e. The third kappa shape index (κ3) is 10.9. The largest absolute Gasteiger partial charge is 0.383 e. The molecule has 0 fully saturated rings. The first kappa shape index (κ1) is 39.5. The summed E-state index contributed by atoms with van der Waals surface area (Å²) in [5.74, 6) is -3.58. The van der Waals surface area contributed by atoms with Crippen molar-refractivity contribution in [2.75, 3.05) is 6.54 Å². The van der Waals surface area contributed by atoms with Crippen molar-refractivity contribution in [3.8, 4) is 11.3 Å². The SMILES string of the molecule is CC(C)(C)[C@@H](NC(=O)C(O)CC[C@H](N)C(=O)NNC(=O)CCCCCN1C(=O)C=CC1=O)c1nc(-c2cc(F)ccc2F)cn1Cc1ccccc1. The van der Waals surface area contributed by atoms with Crippen molar-refractivity contribution in [2.24, 2.45) is 11.1 Å². The summed E-state index contributed by atoms with van der Waals surface area (Å²) in [4.78, 5) is 66.9. The Morgan fingerprint density at radius 2 is 1.62 bits per heavy atom. The Labute approximate surface area is 300 Å². The number of nitrogens with one attached hydrogen (secondary N) is 3. The third-order valence-corrected chi connectivity index (χ3v) is 8.52. The molecule has 3 aromatic rings. The number of aromatic nitrogens is 2. The molecule has 2 heterocycles. The maximum absolute atomic E-state index is 14.8. The van der Waals surface area contributed by atoms with E-state index < -0.39 is 53.0 Å². The average Bonchev–Trinajstić information content (AvgIpc) is 3.66. The summed E-state index contributed by atoms with van der Waals surface area (Å²) < 4.78 is 30.7. The van der Waals surface area contributed by atoms with Crippen LogP contribution in [0.4, 0.5) is 8.78 Å². The first-order valence-electron chi connectivity index (χ1n) is 17.1. The van der Waals surface area contributed by atoms with E-state index in [0.29, 0.717) is 31.6 Å². The lowest BCUT2D eigenvalue weighted by atomic mass is 9.85. The van der Waals surface area contributed by atoms with E-state index in [0.717, 1.165) is 28.7 Å². The number of hydrogen-bond acceptors (Lipinski definition) is 8. The van der Waals surface area contributed by atoms with Gasteiger partial charge in [0.25, 0.3) is 17.7 Å². The number of aliphatic hydroxyl groups excluding tert-OH is 1.